The largest absolute Gasteiger partial charge is 0.461 e. The third kappa shape index (κ3) is 6.44. The number of anilines is 2. The van der Waals surface area contributed by atoms with Crippen molar-refractivity contribution in [2.75, 3.05) is 51.0 Å². The van der Waals surface area contributed by atoms with Crippen molar-refractivity contribution in [3.63, 3.8) is 0 Å². The summed E-state index contributed by atoms with van der Waals surface area (Å²) in [6.45, 7) is 7.46. The first kappa shape index (κ1) is 35.6. The molecule has 52 heavy (non-hydrogen) atoms. The van der Waals surface area contributed by atoms with E-state index in [-0.39, 0.29) is 44.5 Å². The van der Waals surface area contributed by atoms with Crippen LogP contribution in [-0.4, -0.2) is 87.5 Å². The number of nitrogens with zero attached hydrogens (tertiary/aromatic N) is 7. The highest BCUT2D eigenvalue weighted by Crippen LogP contribution is 2.45. The van der Waals surface area contributed by atoms with Gasteiger partial charge in [0, 0.05) is 69.8 Å². The van der Waals surface area contributed by atoms with Crippen molar-refractivity contribution in [1.29, 1.82) is 0 Å². The van der Waals surface area contributed by atoms with Crippen molar-refractivity contribution in [2.24, 2.45) is 0 Å². The maximum atomic E-state index is 15.7. The Hall–Kier alpha value is -4.75. The maximum absolute atomic E-state index is 15.7. The number of fused-ring (bicyclic) bond motifs is 3. The molecule has 0 saturated carbocycles. The summed E-state index contributed by atoms with van der Waals surface area (Å²) in [6, 6.07) is 2.56. The van der Waals surface area contributed by atoms with E-state index in [1.165, 1.54) is 11.8 Å². The topological polar surface area (TPSA) is 115 Å². The summed E-state index contributed by atoms with van der Waals surface area (Å²) >= 11 is 0. The fraction of sp³-hybridized carbons (Fsp3) is 0.500. The van der Waals surface area contributed by atoms with E-state index in [1.54, 1.807) is 24.8 Å². The second kappa shape index (κ2) is 13.3. The predicted octanol–water partition coefficient (Wildman–Crippen LogP) is 4.83. The van der Waals surface area contributed by atoms with Crippen LogP contribution >= 0.6 is 0 Å². The molecule has 7 rings (SSSR count). The van der Waals surface area contributed by atoms with E-state index in [2.05, 4.69) is 28.5 Å². The van der Waals surface area contributed by atoms with Crippen LogP contribution in [0.3, 0.4) is 0 Å². The Morgan fingerprint density at radius 2 is 2.02 bits per heavy atom. The SMILES string of the molecule is C=C1CN2C[C@@H](F)C[C@]2(COc2nc3c(c(N4CCCn5nc(C(=O)N(C)C)cc5C4)n2)CO[C@H](c2c(F)c(N)cc(C#CC)c2C(F)(F)F)C3)C1. The Morgan fingerprint density at radius 1 is 1.23 bits per heavy atom. The molecule has 1 amide bonds. The Kier molecular flexibility index (Phi) is 9.15. The fourth-order valence-electron chi connectivity index (χ4n) is 7.91. The molecule has 0 aliphatic carbocycles. The molecular formula is C36H39F5N8O3. The number of amides is 1. The van der Waals surface area contributed by atoms with Gasteiger partial charge in [-0.2, -0.15) is 28.2 Å². The van der Waals surface area contributed by atoms with Crippen molar-refractivity contribution in [2.45, 2.75) is 76.3 Å². The molecule has 11 nitrogen and oxygen atoms in total. The van der Waals surface area contributed by atoms with E-state index in [0.717, 1.165) is 17.3 Å². The highest BCUT2D eigenvalue weighted by molar-refractivity contribution is 5.92. The molecule has 3 atom stereocenters. The number of aromatic nitrogens is 4. The molecule has 0 radical (unpaired) electrons. The zero-order valence-electron chi connectivity index (χ0n) is 29.1. The molecular weight excluding hydrogens is 687 g/mol. The van der Waals surface area contributed by atoms with Gasteiger partial charge in [0.05, 0.1) is 47.4 Å². The van der Waals surface area contributed by atoms with Crippen LogP contribution in [0.4, 0.5) is 33.5 Å². The molecule has 2 saturated heterocycles. The van der Waals surface area contributed by atoms with Crippen LogP contribution in [0.25, 0.3) is 0 Å². The van der Waals surface area contributed by atoms with Crippen molar-refractivity contribution >= 4 is 17.4 Å². The van der Waals surface area contributed by atoms with Crippen molar-refractivity contribution in [3.8, 4) is 17.9 Å². The molecule has 276 valence electrons. The number of carbonyl (C=O) groups is 1. The number of halogens is 5. The van der Waals surface area contributed by atoms with Crippen LogP contribution in [0.15, 0.2) is 24.3 Å². The highest BCUT2D eigenvalue weighted by Gasteiger charge is 2.51. The van der Waals surface area contributed by atoms with Crippen LogP contribution in [0.2, 0.25) is 0 Å². The molecule has 3 aromatic rings. The van der Waals surface area contributed by atoms with Crippen LogP contribution in [0, 0.1) is 17.7 Å². The van der Waals surface area contributed by atoms with E-state index in [4.69, 9.17) is 20.2 Å². The zero-order chi connectivity index (χ0) is 37.1. The van der Waals surface area contributed by atoms with Gasteiger partial charge in [0.1, 0.15) is 18.6 Å². The highest BCUT2D eigenvalue weighted by atomic mass is 19.4. The minimum absolute atomic E-state index is 0.0496. The molecule has 6 heterocycles. The van der Waals surface area contributed by atoms with E-state index >= 15 is 4.39 Å². The summed E-state index contributed by atoms with van der Waals surface area (Å²) in [5.41, 5.74) is 5.15. The van der Waals surface area contributed by atoms with Crippen LogP contribution in [0.5, 0.6) is 6.01 Å². The van der Waals surface area contributed by atoms with Crippen molar-refractivity contribution < 1.29 is 36.2 Å². The van der Waals surface area contributed by atoms with E-state index in [9.17, 15) is 22.4 Å². The van der Waals surface area contributed by atoms with Crippen molar-refractivity contribution in [3.05, 3.63) is 69.4 Å². The van der Waals surface area contributed by atoms with Gasteiger partial charge in [0.2, 0.25) is 0 Å². The summed E-state index contributed by atoms with van der Waals surface area (Å²) in [7, 11) is 3.29. The first-order valence-corrected chi connectivity index (χ1v) is 17.0. The summed E-state index contributed by atoms with van der Waals surface area (Å²) in [5, 5.41) is 4.52. The number of hydrogen-bond donors (Lipinski definition) is 1. The van der Waals surface area contributed by atoms with Gasteiger partial charge in [-0.3, -0.25) is 14.4 Å². The van der Waals surface area contributed by atoms with Gasteiger partial charge in [-0.1, -0.05) is 18.1 Å². The van der Waals surface area contributed by atoms with Gasteiger partial charge in [-0.25, -0.2) is 8.78 Å². The number of benzene rings is 1. The second-order valence-electron chi connectivity index (χ2n) is 14.1. The maximum Gasteiger partial charge on any atom is 0.418 e. The number of nitrogens with two attached hydrogens (primary N) is 1. The van der Waals surface area contributed by atoms with E-state index in [1.807, 2.05) is 9.80 Å². The lowest BCUT2D eigenvalue weighted by Gasteiger charge is -2.33. The molecule has 0 unspecified atom stereocenters. The first-order chi connectivity index (χ1) is 24.7. The van der Waals surface area contributed by atoms with Gasteiger partial charge in [0.25, 0.3) is 5.91 Å². The monoisotopic (exact) mass is 726 g/mol. The number of hydrogen-bond acceptors (Lipinski definition) is 9. The minimum atomic E-state index is -4.97. The summed E-state index contributed by atoms with van der Waals surface area (Å²) in [6.07, 6.45) is -6.24. The van der Waals surface area contributed by atoms with Crippen LogP contribution in [-0.2, 0) is 37.0 Å². The van der Waals surface area contributed by atoms with Gasteiger partial charge in [0.15, 0.2) is 11.5 Å². The Morgan fingerprint density at radius 3 is 2.75 bits per heavy atom. The molecule has 2 fully saturated rings. The molecule has 4 aliphatic heterocycles. The number of alkyl halides is 4. The molecule has 1 aromatic carbocycles. The van der Waals surface area contributed by atoms with Crippen LogP contribution < -0.4 is 15.4 Å². The van der Waals surface area contributed by atoms with Crippen molar-refractivity contribution in [1.82, 2.24) is 29.5 Å². The minimum Gasteiger partial charge on any atom is -0.461 e. The number of carbonyl (C=O) groups excluding carboxylic acids is 1. The van der Waals surface area contributed by atoms with Gasteiger partial charge < -0.3 is 25.0 Å². The zero-order valence-corrected chi connectivity index (χ0v) is 29.1. The van der Waals surface area contributed by atoms with Gasteiger partial charge >= 0.3 is 12.2 Å². The molecule has 2 aromatic heterocycles. The van der Waals surface area contributed by atoms with E-state index < -0.39 is 52.2 Å². The number of rotatable bonds is 6. The molecule has 2 N–H and O–H groups in total. The Labute approximate surface area is 297 Å². The first-order valence-electron chi connectivity index (χ1n) is 17.0. The lowest BCUT2D eigenvalue weighted by molar-refractivity contribution is -0.140. The average molecular weight is 727 g/mol. The van der Waals surface area contributed by atoms with Gasteiger partial charge in [-0.15, -0.1) is 5.92 Å². The van der Waals surface area contributed by atoms with E-state index in [0.29, 0.717) is 61.8 Å². The average Bonchev–Trinajstić information content (AvgIpc) is 3.66. The number of nitrogen functional groups attached to an aromatic ring is 1. The number of ether oxygens (including phenoxy) is 2. The molecule has 4 aliphatic rings. The smallest absolute Gasteiger partial charge is 0.418 e. The quantitative estimate of drug-likeness (QED) is 0.165. The predicted molar refractivity (Wildman–Crippen MR) is 181 cm³/mol. The standard InChI is InChI=1S/C36H39F5N8O3/c1-5-7-21-10-25(42)31(38)29(30(21)36(39,40)41)28-12-26-24(18-51-28)32(47-8-6-9-49-23(17-47)11-27(45-49)33(50)46(3)4)44-34(43-26)52-19-35-13-20(2)15-48(35)16-22(37)14-35/h10-11,22,28H,2,6,8-9,12-19,42H2,1,3-4H3/t22-,28-,35-/m0/s1. The third-order valence-corrected chi connectivity index (χ3v) is 10.1. The third-order valence-electron chi connectivity index (χ3n) is 10.1. The lowest BCUT2D eigenvalue weighted by atomic mass is 9.91. The fourth-order valence-corrected chi connectivity index (χ4v) is 7.91. The summed E-state index contributed by atoms with van der Waals surface area (Å²) in [4.78, 5) is 27.6. The Bertz CT molecular complexity index is 2000. The summed E-state index contributed by atoms with van der Waals surface area (Å²) < 4.78 is 88.2. The van der Waals surface area contributed by atoms with Crippen LogP contribution in [0.1, 0.15) is 76.4 Å². The van der Waals surface area contributed by atoms with Gasteiger partial charge in [-0.05, 0) is 31.9 Å². The molecule has 16 heteroatoms. The second-order valence-corrected chi connectivity index (χ2v) is 14.1. The normalized spacial score (nSPS) is 23.0. The Balaban J connectivity index is 1.29. The summed E-state index contributed by atoms with van der Waals surface area (Å²) in [5.74, 6) is 3.81. The molecule has 0 spiro atoms. The number of aryl methyl sites for hydroxylation is 1. The molecule has 0 bridgehead atoms. The lowest BCUT2D eigenvalue weighted by Crippen LogP contribution is -2.43.